The first kappa shape index (κ1) is 23.2. The number of rotatable bonds is 9. The lowest BCUT2D eigenvalue weighted by Crippen LogP contribution is -2.35. The highest BCUT2D eigenvalue weighted by Gasteiger charge is 2.21. The van der Waals surface area contributed by atoms with Gasteiger partial charge >= 0.3 is 0 Å². The topological polar surface area (TPSA) is 51.2 Å². The number of hydrogen-bond acceptors (Lipinski definition) is 5. The highest BCUT2D eigenvalue weighted by atomic mass is 16.5. The molecular formula is C26H34BNO4. The summed E-state index contributed by atoms with van der Waals surface area (Å²) in [4.78, 5) is 2.56. The summed E-state index contributed by atoms with van der Waals surface area (Å²) in [5, 5.41) is 10.2. The molecule has 0 saturated carbocycles. The highest BCUT2D eigenvalue weighted by Crippen LogP contribution is 2.32. The summed E-state index contributed by atoms with van der Waals surface area (Å²) >= 11 is 0. The molecule has 0 aliphatic carbocycles. The van der Waals surface area contributed by atoms with E-state index in [2.05, 4.69) is 29.2 Å². The van der Waals surface area contributed by atoms with E-state index in [0.717, 1.165) is 49.5 Å². The van der Waals surface area contributed by atoms with Gasteiger partial charge in [0, 0.05) is 25.6 Å². The van der Waals surface area contributed by atoms with Crippen molar-refractivity contribution in [1.29, 1.82) is 0 Å². The third kappa shape index (κ3) is 6.06. The van der Waals surface area contributed by atoms with E-state index in [9.17, 15) is 5.11 Å². The quantitative estimate of drug-likeness (QED) is 0.485. The maximum atomic E-state index is 10.2. The second kappa shape index (κ2) is 11.2. The van der Waals surface area contributed by atoms with Crippen molar-refractivity contribution in [2.24, 2.45) is 5.92 Å². The van der Waals surface area contributed by atoms with Gasteiger partial charge in [-0.3, -0.25) is 0 Å². The first-order valence-corrected chi connectivity index (χ1v) is 11.8. The number of nitrogens with zero attached hydrogens (tertiary/aromatic N) is 1. The van der Waals surface area contributed by atoms with Gasteiger partial charge in [0.2, 0.25) is 0 Å². The lowest BCUT2D eigenvalue weighted by atomic mass is 9.87. The second-order valence-electron chi connectivity index (χ2n) is 8.98. The molecule has 1 saturated heterocycles. The standard InChI is InChI=1S/C26H34BNO4/c1-30-14-15-32-26-18-21(2-4-23(26)27)16-20-7-11-28(12-8-20)10-6-19-3-5-25-22(17-19)24(29)9-13-31-25/h2-5,17-18,20,24,29H,6-16H2,1H3. The van der Waals surface area contributed by atoms with Crippen LogP contribution in [0.2, 0.25) is 0 Å². The Morgan fingerprint density at radius 1 is 1.06 bits per heavy atom. The van der Waals surface area contributed by atoms with Gasteiger partial charge in [0.1, 0.15) is 26.0 Å². The molecule has 2 aromatic carbocycles. The number of aliphatic hydroxyl groups excluding tert-OH is 1. The fourth-order valence-corrected chi connectivity index (χ4v) is 4.68. The van der Waals surface area contributed by atoms with Crippen LogP contribution in [-0.2, 0) is 17.6 Å². The SMILES string of the molecule is [B]c1ccc(CC2CCN(CCc3ccc4c(c3)C(O)CCO4)CC2)cc1OCCOC. The number of hydrogen-bond donors (Lipinski definition) is 1. The van der Waals surface area contributed by atoms with Crippen LogP contribution >= 0.6 is 0 Å². The molecule has 4 rings (SSSR count). The highest BCUT2D eigenvalue weighted by molar-refractivity contribution is 6.34. The van der Waals surface area contributed by atoms with Crippen molar-refractivity contribution < 1.29 is 19.3 Å². The van der Waals surface area contributed by atoms with Crippen molar-refractivity contribution in [2.75, 3.05) is 46.6 Å². The summed E-state index contributed by atoms with van der Waals surface area (Å²) in [7, 11) is 7.72. The van der Waals surface area contributed by atoms with Gasteiger partial charge in [-0.2, -0.15) is 0 Å². The van der Waals surface area contributed by atoms with Crippen molar-refractivity contribution in [3.63, 3.8) is 0 Å². The van der Waals surface area contributed by atoms with E-state index in [1.807, 2.05) is 12.1 Å². The summed E-state index contributed by atoms with van der Waals surface area (Å²) in [5.74, 6) is 2.29. The van der Waals surface area contributed by atoms with Crippen LogP contribution in [-0.4, -0.2) is 64.4 Å². The molecular weight excluding hydrogens is 401 g/mol. The molecule has 2 heterocycles. The molecule has 1 fully saturated rings. The lowest BCUT2D eigenvalue weighted by molar-refractivity contribution is 0.115. The predicted molar refractivity (Wildman–Crippen MR) is 127 cm³/mol. The number of methoxy groups -OCH3 is 1. The van der Waals surface area contributed by atoms with E-state index in [4.69, 9.17) is 22.1 Å². The molecule has 32 heavy (non-hydrogen) atoms. The molecule has 1 N–H and O–H groups in total. The van der Waals surface area contributed by atoms with E-state index in [1.165, 1.54) is 24.0 Å². The fraction of sp³-hybridized carbons (Fsp3) is 0.538. The Bertz CT molecular complexity index is 882. The largest absolute Gasteiger partial charge is 0.493 e. The zero-order valence-corrected chi connectivity index (χ0v) is 19.1. The molecule has 2 aliphatic heterocycles. The number of piperidine rings is 1. The van der Waals surface area contributed by atoms with Gasteiger partial charge in [-0.25, -0.2) is 0 Å². The minimum absolute atomic E-state index is 0.395. The van der Waals surface area contributed by atoms with Crippen LogP contribution in [0.3, 0.4) is 0 Å². The second-order valence-corrected chi connectivity index (χ2v) is 8.98. The van der Waals surface area contributed by atoms with Crippen LogP contribution in [0.4, 0.5) is 0 Å². The third-order valence-corrected chi connectivity index (χ3v) is 6.65. The summed E-state index contributed by atoms with van der Waals surface area (Å²) in [6.07, 6.45) is 4.77. The number of fused-ring (bicyclic) bond motifs is 1. The average molecular weight is 435 g/mol. The van der Waals surface area contributed by atoms with Gasteiger partial charge in [0.05, 0.1) is 19.3 Å². The number of aliphatic hydroxyl groups is 1. The molecule has 0 bridgehead atoms. The zero-order chi connectivity index (χ0) is 22.3. The molecule has 0 amide bonds. The maximum Gasteiger partial charge on any atom is 0.125 e. The van der Waals surface area contributed by atoms with E-state index in [1.54, 1.807) is 7.11 Å². The van der Waals surface area contributed by atoms with Gasteiger partial charge in [-0.1, -0.05) is 23.7 Å². The Kier molecular flexibility index (Phi) is 8.12. The van der Waals surface area contributed by atoms with Gasteiger partial charge in [-0.15, -0.1) is 0 Å². The molecule has 1 atom stereocenters. The number of ether oxygens (including phenoxy) is 3. The van der Waals surface area contributed by atoms with Crippen molar-refractivity contribution in [3.8, 4) is 11.5 Å². The molecule has 0 spiro atoms. The smallest absolute Gasteiger partial charge is 0.125 e. The van der Waals surface area contributed by atoms with Crippen LogP contribution in [0.5, 0.6) is 11.5 Å². The Hall–Kier alpha value is -2.02. The molecule has 5 nitrogen and oxygen atoms in total. The normalized spacial score (nSPS) is 19.4. The minimum atomic E-state index is -0.395. The number of likely N-dealkylation sites (tertiary alicyclic amines) is 1. The van der Waals surface area contributed by atoms with Crippen LogP contribution in [0, 0.1) is 5.92 Å². The van der Waals surface area contributed by atoms with E-state index in [0.29, 0.717) is 37.6 Å². The van der Waals surface area contributed by atoms with E-state index in [-0.39, 0.29) is 0 Å². The third-order valence-electron chi connectivity index (χ3n) is 6.65. The van der Waals surface area contributed by atoms with Crippen LogP contribution in [0.25, 0.3) is 0 Å². The van der Waals surface area contributed by atoms with Gasteiger partial charge in [-0.05, 0) is 74.0 Å². The maximum absolute atomic E-state index is 10.2. The Morgan fingerprint density at radius 2 is 1.88 bits per heavy atom. The molecule has 0 aromatic heterocycles. The predicted octanol–water partition coefficient (Wildman–Crippen LogP) is 2.82. The monoisotopic (exact) mass is 435 g/mol. The molecule has 170 valence electrons. The molecule has 1 unspecified atom stereocenters. The average Bonchev–Trinajstić information content (AvgIpc) is 2.81. The Labute approximate surface area is 193 Å². The van der Waals surface area contributed by atoms with Gasteiger partial charge < -0.3 is 24.2 Å². The first-order valence-electron chi connectivity index (χ1n) is 11.8. The van der Waals surface area contributed by atoms with Crippen LogP contribution in [0.1, 0.15) is 42.1 Å². The first-order chi connectivity index (χ1) is 15.6. The zero-order valence-electron chi connectivity index (χ0n) is 19.1. The van der Waals surface area contributed by atoms with Crippen molar-refractivity contribution in [3.05, 3.63) is 53.1 Å². The van der Waals surface area contributed by atoms with Gasteiger partial charge in [0.15, 0.2) is 0 Å². The van der Waals surface area contributed by atoms with Gasteiger partial charge in [0.25, 0.3) is 0 Å². The molecule has 6 heteroatoms. The fourth-order valence-electron chi connectivity index (χ4n) is 4.68. The van der Waals surface area contributed by atoms with Crippen LogP contribution < -0.4 is 14.9 Å². The van der Waals surface area contributed by atoms with Crippen molar-refractivity contribution in [2.45, 2.75) is 38.2 Å². The summed E-state index contributed by atoms with van der Waals surface area (Å²) in [6, 6.07) is 12.4. The number of benzene rings is 2. The molecule has 2 aliphatic rings. The summed E-state index contributed by atoms with van der Waals surface area (Å²) in [5.41, 5.74) is 4.20. The Balaban J connectivity index is 1.23. The summed E-state index contributed by atoms with van der Waals surface area (Å²) < 4.78 is 16.5. The summed E-state index contributed by atoms with van der Waals surface area (Å²) in [6.45, 7) is 4.99. The molecule has 2 aromatic rings. The van der Waals surface area contributed by atoms with Crippen molar-refractivity contribution in [1.82, 2.24) is 4.90 Å². The lowest BCUT2D eigenvalue weighted by Gasteiger charge is -2.32. The van der Waals surface area contributed by atoms with Crippen molar-refractivity contribution >= 4 is 13.3 Å². The van der Waals surface area contributed by atoms with E-state index < -0.39 is 6.10 Å². The molecule has 2 radical (unpaired) electrons. The van der Waals surface area contributed by atoms with Crippen LogP contribution in [0.15, 0.2) is 36.4 Å². The Morgan fingerprint density at radius 3 is 2.69 bits per heavy atom. The van der Waals surface area contributed by atoms with E-state index >= 15 is 0 Å². The minimum Gasteiger partial charge on any atom is -0.493 e.